The van der Waals surface area contributed by atoms with E-state index in [0.29, 0.717) is 35.1 Å². The molecule has 1 aliphatic heterocycles. The van der Waals surface area contributed by atoms with Crippen molar-refractivity contribution in [2.24, 2.45) is 0 Å². The van der Waals surface area contributed by atoms with Crippen molar-refractivity contribution in [3.05, 3.63) is 74.8 Å². The van der Waals surface area contributed by atoms with Crippen molar-refractivity contribution in [1.82, 2.24) is 5.32 Å². The summed E-state index contributed by atoms with van der Waals surface area (Å²) in [5.74, 6) is 0.836. The number of thioether (sulfide) groups is 1. The summed E-state index contributed by atoms with van der Waals surface area (Å²) in [5.41, 5.74) is 1.87. The highest BCUT2D eigenvalue weighted by Gasteiger charge is 2.20. The van der Waals surface area contributed by atoms with Crippen molar-refractivity contribution >= 4 is 45.2 Å². The van der Waals surface area contributed by atoms with Gasteiger partial charge in [-0.15, -0.1) is 11.8 Å². The smallest absolute Gasteiger partial charge is 0.265 e. The highest BCUT2D eigenvalue weighted by Crippen LogP contribution is 2.27. The largest absolute Gasteiger partial charge is 0.496 e. The topological polar surface area (TPSA) is 67.4 Å². The molecular weight excluding hydrogens is 428 g/mol. The number of hydrogen-bond donors (Lipinski definition) is 2. The lowest BCUT2D eigenvalue weighted by Gasteiger charge is -2.18. The lowest BCUT2D eigenvalue weighted by molar-refractivity contribution is -0.112. The van der Waals surface area contributed by atoms with Crippen LogP contribution in [0, 0.1) is 0 Å². The van der Waals surface area contributed by atoms with Crippen molar-refractivity contribution in [1.29, 1.82) is 0 Å². The van der Waals surface area contributed by atoms with Gasteiger partial charge >= 0.3 is 0 Å². The van der Waals surface area contributed by atoms with Crippen LogP contribution in [-0.2, 0) is 16.1 Å². The Hall–Kier alpha value is -2.25. The van der Waals surface area contributed by atoms with Crippen molar-refractivity contribution in [2.45, 2.75) is 13.5 Å². The number of carbonyl (C=O) groups is 2. The van der Waals surface area contributed by atoms with Crippen molar-refractivity contribution in [3.8, 4) is 0 Å². The minimum atomic E-state index is -0.260. The van der Waals surface area contributed by atoms with Gasteiger partial charge in [0.05, 0.1) is 17.9 Å². The number of para-hydroxylation sites is 1. The Morgan fingerprint density at radius 3 is 2.74 bits per heavy atom. The maximum atomic E-state index is 12.6. The molecule has 0 saturated carbocycles. The van der Waals surface area contributed by atoms with Gasteiger partial charge < -0.3 is 15.4 Å². The number of amides is 2. The highest BCUT2D eigenvalue weighted by atomic mass is 79.9. The molecule has 2 N–H and O–H groups in total. The summed E-state index contributed by atoms with van der Waals surface area (Å²) in [6.07, 6.45) is 0. The number of anilines is 1. The fraction of sp³-hybridized carbons (Fsp3) is 0.200. The Labute approximate surface area is 170 Å². The van der Waals surface area contributed by atoms with Crippen molar-refractivity contribution in [3.63, 3.8) is 0 Å². The molecule has 0 radical (unpaired) electrons. The fourth-order valence-corrected chi connectivity index (χ4v) is 3.89. The lowest BCUT2D eigenvalue weighted by Crippen LogP contribution is -2.25. The first-order chi connectivity index (χ1) is 13.0. The maximum absolute atomic E-state index is 12.6. The van der Waals surface area contributed by atoms with Gasteiger partial charge in [-0.2, -0.15) is 0 Å². The van der Waals surface area contributed by atoms with E-state index in [1.54, 1.807) is 31.2 Å². The van der Waals surface area contributed by atoms with Gasteiger partial charge in [-0.25, -0.2) is 0 Å². The van der Waals surface area contributed by atoms with Gasteiger partial charge in [-0.3, -0.25) is 9.59 Å². The third-order valence-corrected chi connectivity index (χ3v) is 5.56. The number of carbonyl (C=O) groups excluding carboxylic acids is 2. The summed E-state index contributed by atoms with van der Waals surface area (Å²) in [6, 6.07) is 14.7. The summed E-state index contributed by atoms with van der Waals surface area (Å²) < 4.78 is 6.40. The van der Waals surface area contributed by atoms with Crippen LogP contribution in [0.5, 0.6) is 0 Å². The number of hydrogen-bond acceptors (Lipinski definition) is 4. The Kier molecular flexibility index (Phi) is 6.58. The predicted octanol–water partition coefficient (Wildman–Crippen LogP) is 4.31. The molecule has 2 amide bonds. The lowest BCUT2D eigenvalue weighted by atomic mass is 10.1. The number of ether oxygens (including phenoxy) is 1. The van der Waals surface area contributed by atoms with E-state index in [4.69, 9.17) is 4.74 Å². The number of allylic oxidation sites excluding steroid dienone is 1. The average molecular weight is 447 g/mol. The molecule has 7 heteroatoms. The van der Waals surface area contributed by atoms with E-state index in [1.165, 1.54) is 11.8 Å². The normalized spacial score (nSPS) is 13.7. The molecule has 5 nitrogen and oxygen atoms in total. The second-order valence-corrected chi connectivity index (χ2v) is 7.92. The first-order valence-electron chi connectivity index (χ1n) is 8.44. The predicted molar refractivity (Wildman–Crippen MR) is 111 cm³/mol. The molecule has 1 heterocycles. The SMILES string of the molecule is CC1=C(C(=O)Nc2ccccc2C(=O)NCc2cccc(Br)c2)SCCO1. The maximum Gasteiger partial charge on any atom is 0.265 e. The Morgan fingerprint density at radius 2 is 1.96 bits per heavy atom. The van der Waals surface area contributed by atoms with Gasteiger partial charge in [0.1, 0.15) is 10.7 Å². The second-order valence-electron chi connectivity index (χ2n) is 5.89. The Morgan fingerprint density at radius 1 is 1.15 bits per heavy atom. The third-order valence-electron chi connectivity index (χ3n) is 3.94. The van der Waals surface area contributed by atoms with E-state index in [1.807, 2.05) is 24.3 Å². The van der Waals surface area contributed by atoms with Gasteiger partial charge in [0, 0.05) is 16.8 Å². The van der Waals surface area contributed by atoms with E-state index in [9.17, 15) is 9.59 Å². The van der Waals surface area contributed by atoms with Gasteiger partial charge in [0.2, 0.25) is 0 Å². The summed E-state index contributed by atoms with van der Waals surface area (Å²) >= 11 is 4.88. The van der Waals surface area contributed by atoms with E-state index in [2.05, 4.69) is 26.6 Å². The Bertz CT molecular complexity index is 898. The minimum Gasteiger partial charge on any atom is -0.496 e. The van der Waals surface area contributed by atoms with Gasteiger partial charge in [-0.05, 0) is 36.8 Å². The van der Waals surface area contributed by atoms with E-state index >= 15 is 0 Å². The summed E-state index contributed by atoms with van der Waals surface area (Å²) in [4.78, 5) is 25.7. The first-order valence-corrected chi connectivity index (χ1v) is 10.2. The van der Waals surface area contributed by atoms with Crippen LogP contribution in [0.1, 0.15) is 22.8 Å². The van der Waals surface area contributed by atoms with Crippen LogP contribution in [-0.4, -0.2) is 24.2 Å². The van der Waals surface area contributed by atoms with Crippen LogP contribution in [0.4, 0.5) is 5.69 Å². The zero-order chi connectivity index (χ0) is 19.2. The summed E-state index contributed by atoms with van der Waals surface area (Å²) in [5, 5.41) is 5.72. The van der Waals surface area contributed by atoms with E-state index in [-0.39, 0.29) is 11.8 Å². The highest BCUT2D eigenvalue weighted by molar-refractivity contribution is 9.10. The van der Waals surface area contributed by atoms with Gasteiger partial charge in [0.25, 0.3) is 11.8 Å². The number of nitrogens with one attached hydrogen (secondary N) is 2. The molecule has 0 unspecified atom stereocenters. The van der Waals surface area contributed by atoms with Crippen LogP contribution in [0.15, 0.2) is 63.7 Å². The Balaban J connectivity index is 1.71. The number of benzene rings is 2. The van der Waals surface area contributed by atoms with Crippen LogP contribution < -0.4 is 10.6 Å². The van der Waals surface area contributed by atoms with Crippen LogP contribution >= 0.6 is 27.7 Å². The molecule has 0 spiro atoms. The molecule has 0 bridgehead atoms. The van der Waals surface area contributed by atoms with Crippen LogP contribution in [0.2, 0.25) is 0 Å². The van der Waals surface area contributed by atoms with Gasteiger partial charge in [0.15, 0.2) is 0 Å². The standard InChI is InChI=1S/C20H19BrN2O3S/c1-13-18(27-10-9-26-13)20(25)23-17-8-3-2-7-16(17)19(24)22-12-14-5-4-6-15(21)11-14/h2-8,11H,9-10,12H2,1H3,(H,22,24)(H,23,25). The quantitative estimate of drug-likeness (QED) is 0.717. The number of halogens is 1. The summed E-state index contributed by atoms with van der Waals surface area (Å²) in [7, 11) is 0. The molecule has 1 aliphatic rings. The molecule has 0 atom stereocenters. The zero-order valence-corrected chi connectivity index (χ0v) is 17.2. The molecule has 140 valence electrons. The molecule has 0 fully saturated rings. The molecule has 0 aromatic heterocycles. The monoisotopic (exact) mass is 446 g/mol. The van der Waals surface area contributed by atoms with Crippen LogP contribution in [0.3, 0.4) is 0 Å². The van der Waals surface area contributed by atoms with E-state index in [0.717, 1.165) is 15.8 Å². The number of rotatable bonds is 5. The minimum absolute atomic E-state index is 0.246. The molecule has 2 aromatic rings. The molecular formula is C20H19BrN2O3S. The summed E-state index contributed by atoms with van der Waals surface area (Å²) in [6.45, 7) is 2.77. The first kappa shape index (κ1) is 19.5. The molecule has 3 rings (SSSR count). The van der Waals surface area contributed by atoms with Gasteiger partial charge in [-0.1, -0.05) is 40.2 Å². The van der Waals surface area contributed by atoms with Crippen LogP contribution in [0.25, 0.3) is 0 Å². The average Bonchev–Trinajstić information content (AvgIpc) is 2.67. The third kappa shape index (κ3) is 5.14. The molecule has 2 aromatic carbocycles. The molecule has 0 aliphatic carbocycles. The fourth-order valence-electron chi connectivity index (χ4n) is 2.62. The molecule has 0 saturated heterocycles. The van der Waals surface area contributed by atoms with E-state index < -0.39 is 0 Å². The van der Waals surface area contributed by atoms with Crippen molar-refractivity contribution in [2.75, 3.05) is 17.7 Å². The van der Waals surface area contributed by atoms with Crippen molar-refractivity contribution < 1.29 is 14.3 Å². The molecule has 27 heavy (non-hydrogen) atoms. The zero-order valence-electron chi connectivity index (χ0n) is 14.8. The second kappa shape index (κ2) is 9.10.